The summed E-state index contributed by atoms with van der Waals surface area (Å²) in [5.74, 6) is -1.22. The van der Waals surface area contributed by atoms with Crippen molar-refractivity contribution < 1.29 is 57.2 Å². The van der Waals surface area contributed by atoms with Gasteiger partial charge in [0.05, 0.1) is 14.2 Å². The fourth-order valence-electron chi connectivity index (χ4n) is 4.76. The van der Waals surface area contributed by atoms with E-state index in [1.54, 1.807) is 90.0 Å². The highest BCUT2D eigenvalue weighted by Crippen LogP contribution is 2.33. The van der Waals surface area contributed by atoms with Crippen molar-refractivity contribution in [1.82, 2.24) is 20.0 Å². The minimum absolute atomic E-state index is 0.237. The van der Waals surface area contributed by atoms with Crippen molar-refractivity contribution in [2.24, 2.45) is 0 Å². The number of carbonyl (C=O) groups is 6. The number of methoxy groups -OCH3 is 2. The summed E-state index contributed by atoms with van der Waals surface area (Å²) in [5.41, 5.74) is -4.38. The standard InChI is InChI=1S/C17H30N2O6.C16H28N2O6/c1-15(2,3)24-13(21)18-11-9-10-17(7,12(20)23-8)19(18)14(22)25-16(4,5)6;1-15(2,3)23-13(20)17-10-8-9-11(12(19)22-7)18(17)14(21)24-16(4,5)6/h9-11H2,1-8H3;11H,8-10H2,1-7H3/t;11-/m.0/s1. The number of hydrogen-bond donors (Lipinski definition) is 0. The number of carbonyl (C=O) groups excluding carboxylic acids is 6. The average Bonchev–Trinajstić information content (AvgIpc) is 2.92. The van der Waals surface area contributed by atoms with Gasteiger partial charge in [-0.3, -0.25) is 0 Å². The number of rotatable bonds is 2. The van der Waals surface area contributed by atoms with Crippen molar-refractivity contribution >= 4 is 36.3 Å². The summed E-state index contributed by atoms with van der Waals surface area (Å²) in [6, 6.07) is -0.925. The van der Waals surface area contributed by atoms with Crippen LogP contribution in [0.25, 0.3) is 0 Å². The first-order valence-electron chi connectivity index (χ1n) is 16.3. The van der Waals surface area contributed by atoms with E-state index in [0.29, 0.717) is 25.7 Å². The van der Waals surface area contributed by atoms with Crippen molar-refractivity contribution in [3.63, 3.8) is 0 Å². The molecule has 0 aromatic carbocycles. The van der Waals surface area contributed by atoms with Gasteiger partial charge < -0.3 is 28.4 Å². The largest absolute Gasteiger partial charge is 0.467 e. The number of ether oxygens (including phenoxy) is 6. The molecule has 2 aliphatic rings. The third-order valence-corrected chi connectivity index (χ3v) is 6.60. The molecule has 0 aliphatic carbocycles. The number of amides is 4. The maximum absolute atomic E-state index is 12.8. The van der Waals surface area contributed by atoms with Crippen molar-refractivity contribution in [2.45, 2.75) is 150 Å². The first kappa shape index (κ1) is 43.0. The van der Waals surface area contributed by atoms with Crippen LogP contribution >= 0.6 is 0 Å². The highest BCUT2D eigenvalue weighted by molar-refractivity contribution is 5.87. The molecule has 2 fully saturated rings. The molecule has 16 nitrogen and oxygen atoms in total. The Balaban J connectivity index is 0.000000490. The van der Waals surface area contributed by atoms with Crippen molar-refractivity contribution in [3.8, 4) is 0 Å². The molecule has 0 spiro atoms. The first-order valence-corrected chi connectivity index (χ1v) is 16.3. The third kappa shape index (κ3) is 13.1. The van der Waals surface area contributed by atoms with Gasteiger partial charge in [-0.1, -0.05) is 0 Å². The molecule has 0 bridgehead atoms. The van der Waals surface area contributed by atoms with E-state index >= 15 is 0 Å². The van der Waals surface area contributed by atoms with Crippen LogP contribution in [-0.4, -0.2) is 118 Å². The fraction of sp³-hybridized carbons (Fsp3) is 0.818. The van der Waals surface area contributed by atoms with E-state index in [-0.39, 0.29) is 13.1 Å². The molecule has 282 valence electrons. The van der Waals surface area contributed by atoms with Crippen LogP contribution in [0.4, 0.5) is 19.2 Å². The minimum atomic E-state index is -1.35. The van der Waals surface area contributed by atoms with Crippen LogP contribution in [0, 0.1) is 0 Å². The molecule has 2 heterocycles. The van der Waals surface area contributed by atoms with Gasteiger partial charge in [0.2, 0.25) is 0 Å². The topological polar surface area (TPSA) is 171 Å². The Hall–Kier alpha value is -3.98. The van der Waals surface area contributed by atoms with E-state index in [0.717, 1.165) is 20.0 Å². The van der Waals surface area contributed by atoms with Gasteiger partial charge in [0, 0.05) is 13.1 Å². The monoisotopic (exact) mass is 702 g/mol. The molecule has 0 N–H and O–H groups in total. The van der Waals surface area contributed by atoms with Crippen LogP contribution in [0.3, 0.4) is 0 Å². The Labute approximate surface area is 290 Å². The van der Waals surface area contributed by atoms with E-state index in [4.69, 9.17) is 28.4 Å². The molecule has 0 aromatic rings. The molecule has 1 unspecified atom stereocenters. The third-order valence-electron chi connectivity index (χ3n) is 6.60. The summed E-state index contributed by atoms with van der Waals surface area (Å²) in [4.78, 5) is 74.8. The molecule has 0 aromatic heterocycles. The van der Waals surface area contributed by atoms with Gasteiger partial charge in [-0.25, -0.2) is 38.8 Å². The van der Waals surface area contributed by atoms with Gasteiger partial charge in [0.1, 0.15) is 22.4 Å². The molecule has 49 heavy (non-hydrogen) atoms. The molecule has 2 aliphatic heterocycles. The van der Waals surface area contributed by atoms with Crippen LogP contribution in [0.5, 0.6) is 0 Å². The number of nitrogens with zero attached hydrogens (tertiary/aromatic N) is 4. The smallest absolute Gasteiger partial charge is 0.430 e. The van der Waals surface area contributed by atoms with Gasteiger partial charge in [-0.05, 0) is 116 Å². The van der Waals surface area contributed by atoms with E-state index in [9.17, 15) is 28.8 Å². The van der Waals surface area contributed by atoms with Crippen LogP contribution in [0.2, 0.25) is 0 Å². The molecule has 0 radical (unpaired) electrons. The average molecular weight is 703 g/mol. The van der Waals surface area contributed by atoms with Crippen LogP contribution in [0.15, 0.2) is 0 Å². The van der Waals surface area contributed by atoms with Crippen molar-refractivity contribution in [1.29, 1.82) is 0 Å². The molecule has 2 atom stereocenters. The van der Waals surface area contributed by atoms with E-state index in [1.165, 1.54) is 14.2 Å². The summed E-state index contributed by atoms with van der Waals surface area (Å²) in [7, 11) is 2.48. The SMILES string of the molecule is COC(=O)C1(C)CCCN(C(=O)OC(C)(C)C)N1C(=O)OC(C)(C)C.COC(=O)[C@@H]1CCCN(C(=O)OC(C)(C)C)N1C(=O)OC(C)(C)C. The number of hydrogen-bond acceptors (Lipinski definition) is 12. The molecule has 16 heteroatoms. The Morgan fingerprint density at radius 2 is 0.980 bits per heavy atom. The van der Waals surface area contributed by atoms with E-state index < -0.39 is 70.3 Å². The lowest BCUT2D eigenvalue weighted by molar-refractivity contribution is -0.174. The molecular weight excluding hydrogens is 644 g/mol. The summed E-state index contributed by atoms with van der Waals surface area (Å²) < 4.78 is 31.1. The predicted molar refractivity (Wildman–Crippen MR) is 177 cm³/mol. The summed E-state index contributed by atoms with van der Waals surface area (Å²) in [6.07, 6.45) is -1.23. The Bertz CT molecular complexity index is 1210. The Kier molecular flexibility index (Phi) is 14.2. The lowest BCUT2D eigenvalue weighted by atomic mass is 9.93. The summed E-state index contributed by atoms with van der Waals surface area (Å²) >= 11 is 0. The van der Waals surface area contributed by atoms with Crippen LogP contribution in [-0.2, 0) is 38.0 Å². The van der Waals surface area contributed by atoms with Gasteiger partial charge in [-0.15, -0.1) is 0 Å². The predicted octanol–water partition coefficient (Wildman–Crippen LogP) is 5.81. The minimum Gasteiger partial charge on any atom is -0.467 e. The molecule has 0 saturated carbocycles. The van der Waals surface area contributed by atoms with E-state index in [1.807, 2.05) is 0 Å². The van der Waals surface area contributed by atoms with Gasteiger partial charge in [0.15, 0.2) is 11.6 Å². The molecule has 2 rings (SSSR count). The quantitative estimate of drug-likeness (QED) is 0.250. The summed E-state index contributed by atoms with van der Waals surface area (Å²) in [6.45, 7) is 22.7. The second-order valence-corrected chi connectivity index (χ2v) is 15.9. The lowest BCUT2D eigenvalue weighted by Crippen LogP contribution is -2.67. The van der Waals surface area contributed by atoms with Gasteiger partial charge in [-0.2, -0.15) is 10.0 Å². The van der Waals surface area contributed by atoms with Crippen LogP contribution in [0.1, 0.15) is 116 Å². The van der Waals surface area contributed by atoms with Crippen LogP contribution < -0.4 is 0 Å². The first-order chi connectivity index (χ1) is 22.1. The van der Waals surface area contributed by atoms with E-state index in [2.05, 4.69) is 0 Å². The maximum Gasteiger partial charge on any atom is 0.430 e. The van der Waals surface area contributed by atoms with Crippen molar-refractivity contribution in [2.75, 3.05) is 27.3 Å². The number of hydrazine groups is 2. The lowest BCUT2D eigenvalue weighted by Gasteiger charge is -2.48. The fourth-order valence-corrected chi connectivity index (χ4v) is 4.76. The highest BCUT2D eigenvalue weighted by Gasteiger charge is 2.52. The Morgan fingerprint density at radius 3 is 1.41 bits per heavy atom. The summed E-state index contributed by atoms with van der Waals surface area (Å²) in [5, 5.41) is 4.28. The second kappa shape index (κ2) is 16.2. The maximum atomic E-state index is 12.8. The zero-order chi connectivity index (χ0) is 38.3. The zero-order valence-electron chi connectivity index (χ0n) is 32.0. The van der Waals surface area contributed by atoms with Gasteiger partial charge >= 0.3 is 36.3 Å². The Morgan fingerprint density at radius 1 is 0.571 bits per heavy atom. The second-order valence-electron chi connectivity index (χ2n) is 15.9. The van der Waals surface area contributed by atoms with Gasteiger partial charge in [0.25, 0.3) is 0 Å². The number of esters is 2. The normalized spacial score (nSPS) is 20.3. The molecular formula is C33H58N4O12. The molecule has 4 amide bonds. The molecule has 2 saturated heterocycles. The zero-order valence-corrected chi connectivity index (χ0v) is 32.0. The van der Waals surface area contributed by atoms with Crippen molar-refractivity contribution in [3.05, 3.63) is 0 Å². The highest BCUT2D eigenvalue weighted by atomic mass is 16.6.